The van der Waals surface area contributed by atoms with Crippen molar-refractivity contribution < 1.29 is 4.52 Å². The van der Waals surface area contributed by atoms with E-state index in [0.717, 1.165) is 30.1 Å². The quantitative estimate of drug-likeness (QED) is 0.808. The van der Waals surface area contributed by atoms with Gasteiger partial charge in [0.05, 0.1) is 11.4 Å². The van der Waals surface area contributed by atoms with Gasteiger partial charge in [-0.15, -0.1) is 0 Å². The third-order valence-electron chi connectivity index (χ3n) is 3.84. The molecule has 0 unspecified atom stereocenters. The first kappa shape index (κ1) is 13.2. The van der Waals surface area contributed by atoms with Crippen molar-refractivity contribution in [1.82, 2.24) is 20.0 Å². The van der Waals surface area contributed by atoms with Crippen LogP contribution in [0.25, 0.3) is 0 Å². The van der Waals surface area contributed by atoms with Gasteiger partial charge in [-0.25, -0.2) is 0 Å². The minimum atomic E-state index is 0.382. The molecule has 2 heterocycles. The lowest BCUT2D eigenvalue weighted by atomic mass is 10.1. The predicted octanol–water partition coefficient (Wildman–Crippen LogP) is 2.41. The van der Waals surface area contributed by atoms with Gasteiger partial charge in [0, 0.05) is 49.6 Å². The summed E-state index contributed by atoms with van der Waals surface area (Å²) in [6.07, 6.45) is 8.64. The summed E-state index contributed by atoms with van der Waals surface area (Å²) in [5.41, 5.74) is 2.03. The van der Waals surface area contributed by atoms with Crippen LogP contribution < -0.4 is 0 Å². The first-order valence-corrected chi connectivity index (χ1v) is 7.13. The van der Waals surface area contributed by atoms with Crippen molar-refractivity contribution in [2.45, 2.75) is 44.7 Å². The van der Waals surface area contributed by atoms with E-state index >= 15 is 0 Å². The molecular weight excluding hydrogens is 252 g/mol. The Bertz CT molecular complexity index is 550. The van der Waals surface area contributed by atoms with Crippen molar-refractivity contribution in [2.75, 3.05) is 7.05 Å². The van der Waals surface area contributed by atoms with Crippen molar-refractivity contribution in [2.24, 2.45) is 0 Å². The van der Waals surface area contributed by atoms with Gasteiger partial charge < -0.3 is 4.52 Å². The van der Waals surface area contributed by atoms with Crippen molar-refractivity contribution >= 4 is 0 Å². The molecule has 0 aromatic carbocycles. The van der Waals surface area contributed by atoms with Crippen molar-refractivity contribution in [3.05, 3.63) is 41.8 Å². The zero-order valence-electron chi connectivity index (χ0n) is 12.0. The fourth-order valence-electron chi connectivity index (χ4n) is 2.27. The monoisotopic (exact) mass is 272 g/mol. The van der Waals surface area contributed by atoms with Gasteiger partial charge in [0.2, 0.25) is 0 Å². The highest BCUT2D eigenvalue weighted by molar-refractivity contribution is 5.14. The molecule has 0 radical (unpaired) electrons. The Balaban J connectivity index is 1.55. The molecule has 0 bridgehead atoms. The molecule has 1 aliphatic carbocycles. The Kier molecular flexibility index (Phi) is 3.78. The van der Waals surface area contributed by atoms with E-state index in [0.29, 0.717) is 12.0 Å². The van der Waals surface area contributed by atoms with Crippen molar-refractivity contribution in [3.8, 4) is 0 Å². The van der Waals surface area contributed by atoms with Crippen LogP contribution in [-0.2, 0) is 13.0 Å². The molecular formula is C15H20N4O. The van der Waals surface area contributed by atoms with Gasteiger partial charge in [-0.05, 0) is 26.8 Å². The lowest BCUT2D eigenvalue weighted by Crippen LogP contribution is -2.30. The van der Waals surface area contributed by atoms with Gasteiger partial charge in [-0.2, -0.15) is 0 Å². The van der Waals surface area contributed by atoms with Crippen molar-refractivity contribution in [3.63, 3.8) is 0 Å². The second-order valence-corrected chi connectivity index (χ2v) is 5.66. The summed E-state index contributed by atoms with van der Waals surface area (Å²) in [5, 5.41) is 4.16. The molecule has 3 rings (SSSR count). The molecule has 0 aliphatic heterocycles. The van der Waals surface area contributed by atoms with Gasteiger partial charge in [-0.1, -0.05) is 5.16 Å². The molecule has 0 spiro atoms. The maximum absolute atomic E-state index is 5.39. The zero-order valence-corrected chi connectivity index (χ0v) is 12.0. The second kappa shape index (κ2) is 5.71. The van der Waals surface area contributed by atoms with E-state index in [9.17, 15) is 0 Å². The second-order valence-electron chi connectivity index (χ2n) is 5.66. The van der Waals surface area contributed by atoms with Crippen molar-refractivity contribution in [1.29, 1.82) is 0 Å². The highest BCUT2D eigenvalue weighted by atomic mass is 16.5. The number of nitrogens with zero attached hydrogens (tertiary/aromatic N) is 4. The average molecular weight is 272 g/mol. The SMILES string of the molecule is C[C@@H](Cc1cnccn1)N(C)Cc1cc(C2CC2)on1. The topological polar surface area (TPSA) is 55.1 Å². The number of rotatable bonds is 6. The van der Waals surface area contributed by atoms with Crippen LogP contribution in [0, 0.1) is 0 Å². The molecule has 0 amide bonds. The van der Waals surface area contributed by atoms with Crippen LogP contribution in [0.2, 0.25) is 0 Å². The first-order valence-electron chi connectivity index (χ1n) is 7.13. The van der Waals surface area contributed by atoms with E-state index < -0.39 is 0 Å². The van der Waals surface area contributed by atoms with Gasteiger partial charge >= 0.3 is 0 Å². The molecule has 106 valence electrons. The predicted molar refractivity (Wildman–Crippen MR) is 75.1 cm³/mol. The number of aromatic nitrogens is 3. The van der Waals surface area contributed by atoms with Gasteiger partial charge in [0.25, 0.3) is 0 Å². The van der Waals surface area contributed by atoms with E-state index in [1.807, 2.05) is 6.20 Å². The summed E-state index contributed by atoms with van der Waals surface area (Å²) >= 11 is 0. The molecule has 2 aromatic rings. The Morgan fingerprint density at radius 2 is 2.20 bits per heavy atom. The van der Waals surface area contributed by atoms with Crippen LogP contribution in [0.5, 0.6) is 0 Å². The molecule has 1 saturated carbocycles. The fraction of sp³-hybridized carbons (Fsp3) is 0.533. The minimum Gasteiger partial charge on any atom is -0.361 e. The highest BCUT2D eigenvalue weighted by Gasteiger charge is 2.28. The van der Waals surface area contributed by atoms with Gasteiger partial charge in [0.15, 0.2) is 0 Å². The summed E-state index contributed by atoms with van der Waals surface area (Å²) < 4.78 is 5.39. The normalized spacial score (nSPS) is 16.6. The Morgan fingerprint density at radius 3 is 2.90 bits per heavy atom. The van der Waals surface area contributed by atoms with Gasteiger partial charge in [0.1, 0.15) is 5.76 Å². The van der Waals surface area contributed by atoms with E-state index in [1.54, 1.807) is 12.4 Å². The molecule has 1 aliphatic rings. The van der Waals surface area contributed by atoms with Crippen LogP contribution in [-0.4, -0.2) is 33.1 Å². The Hall–Kier alpha value is -1.75. The van der Waals surface area contributed by atoms with Gasteiger partial charge in [-0.3, -0.25) is 14.9 Å². The Labute approximate surface area is 119 Å². The standard InChI is InChI=1S/C15H20N4O/c1-11(7-13-9-16-5-6-17-13)19(2)10-14-8-15(20-18-14)12-3-4-12/h5-6,8-9,11-12H,3-4,7,10H2,1-2H3/t11-/m0/s1. The summed E-state index contributed by atoms with van der Waals surface area (Å²) in [5.74, 6) is 1.67. The molecule has 1 atom stereocenters. The van der Waals surface area contributed by atoms with Crippen LogP contribution in [0.1, 0.15) is 42.8 Å². The third-order valence-corrected chi connectivity index (χ3v) is 3.84. The van der Waals surface area contributed by atoms with Crippen LogP contribution in [0.4, 0.5) is 0 Å². The summed E-state index contributed by atoms with van der Waals surface area (Å²) in [4.78, 5) is 10.7. The molecule has 20 heavy (non-hydrogen) atoms. The van der Waals surface area contributed by atoms with E-state index in [4.69, 9.17) is 4.52 Å². The number of hydrogen-bond donors (Lipinski definition) is 0. The van der Waals surface area contributed by atoms with E-state index in [-0.39, 0.29) is 0 Å². The summed E-state index contributed by atoms with van der Waals surface area (Å²) in [6, 6.07) is 2.48. The number of hydrogen-bond acceptors (Lipinski definition) is 5. The summed E-state index contributed by atoms with van der Waals surface area (Å²) in [7, 11) is 2.10. The lowest BCUT2D eigenvalue weighted by molar-refractivity contribution is 0.238. The minimum absolute atomic E-state index is 0.382. The van der Waals surface area contributed by atoms with Crippen LogP contribution in [0.15, 0.2) is 29.2 Å². The van der Waals surface area contributed by atoms with Crippen LogP contribution in [0.3, 0.4) is 0 Å². The largest absolute Gasteiger partial charge is 0.361 e. The lowest BCUT2D eigenvalue weighted by Gasteiger charge is -2.23. The van der Waals surface area contributed by atoms with E-state index in [2.05, 4.69) is 40.1 Å². The smallest absolute Gasteiger partial charge is 0.140 e. The maximum Gasteiger partial charge on any atom is 0.140 e. The molecule has 0 N–H and O–H groups in total. The number of likely N-dealkylation sites (N-methyl/N-ethyl adjacent to an activating group) is 1. The molecule has 2 aromatic heterocycles. The summed E-state index contributed by atoms with van der Waals surface area (Å²) in [6.45, 7) is 2.99. The first-order chi connectivity index (χ1) is 9.72. The zero-order chi connectivity index (χ0) is 13.9. The third kappa shape index (κ3) is 3.22. The molecule has 0 saturated heterocycles. The Morgan fingerprint density at radius 1 is 1.35 bits per heavy atom. The molecule has 1 fully saturated rings. The molecule has 5 nitrogen and oxygen atoms in total. The highest BCUT2D eigenvalue weighted by Crippen LogP contribution is 2.40. The fourth-order valence-corrected chi connectivity index (χ4v) is 2.27. The van der Waals surface area contributed by atoms with E-state index in [1.165, 1.54) is 12.8 Å². The maximum atomic E-state index is 5.39. The average Bonchev–Trinajstić information content (AvgIpc) is 3.20. The van der Waals surface area contributed by atoms with Crippen LogP contribution >= 0.6 is 0 Å². The molecule has 5 heteroatoms.